The van der Waals surface area contributed by atoms with E-state index in [9.17, 15) is 9.59 Å². The highest BCUT2D eigenvalue weighted by atomic mass is 16.5. The summed E-state index contributed by atoms with van der Waals surface area (Å²) in [5.74, 6) is -1.09. The highest BCUT2D eigenvalue weighted by molar-refractivity contribution is 5.82. The fourth-order valence-corrected chi connectivity index (χ4v) is 2.21. The molecule has 0 spiro atoms. The number of rotatable bonds is 6. The van der Waals surface area contributed by atoms with E-state index in [4.69, 9.17) is 9.84 Å². The molecule has 20 heavy (non-hydrogen) atoms. The van der Waals surface area contributed by atoms with Crippen LogP contribution in [0, 0.1) is 11.3 Å². The third kappa shape index (κ3) is 5.00. The Labute approximate surface area is 120 Å². The summed E-state index contributed by atoms with van der Waals surface area (Å²) in [6.45, 7) is 7.80. The average molecular weight is 286 g/mol. The van der Waals surface area contributed by atoms with E-state index in [-0.39, 0.29) is 11.3 Å². The van der Waals surface area contributed by atoms with E-state index in [0.717, 1.165) is 12.8 Å². The molecule has 0 aromatic rings. The highest BCUT2D eigenvalue weighted by Gasteiger charge is 2.29. The summed E-state index contributed by atoms with van der Waals surface area (Å²) in [5.41, 5.74) is 0.0324. The molecule has 0 aromatic carbocycles. The molecule has 2 atom stereocenters. The second-order valence-corrected chi connectivity index (χ2v) is 5.95. The van der Waals surface area contributed by atoms with Crippen LogP contribution < -0.4 is 10.6 Å². The van der Waals surface area contributed by atoms with Crippen molar-refractivity contribution in [2.45, 2.75) is 46.1 Å². The van der Waals surface area contributed by atoms with Gasteiger partial charge >= 0.3 is 12.0 Å². The second-order valence-electron chi connectivity index (χ2n) is 5.95. The van der Waals surface area contributed by atoms with E-state index in [0.29, 0.717) is 26.2 Å². The first-order chi connectivity index (χ1) is 9.38. The number of carboxylic acids is 1. The van der Waals surface area contributed by atoms with Crippen molar-refractivity contribution >= 4 is 12.0 Å². The first-order valence-corrected chi connectivity index (χ1v) is 7.23. The maximum absolute atomic E-state index is 11.8. The molecular formula is C14H26N2O4. The van der Waals surface area contributed by atoms with E-state index in [1.807, 2.05) is 13.8 Å². The van der Waals surface area contributed by atoms with Gasteiger partial charge in [0.25, 0.3) is 0 Å². The van der Waals surface area contributed by atoms with Crippen molar-refractivity contribution in [1.29, 1.82) is 0 Å². The van der Waals surface area contributed by atoms with E-state index in [2.05, 4.69) is 17.6 Å². The van der Waals surface area contributed by atoms with Gasteiger partial charge in [0.15, 0.2) is 0 Å². The fraction of sp³-hybridized carbons (Fsp3) is 0.857. The van der Waals surface area contributed by atoms with Crippen LogP contribution in [0.15, 0.2) is 0 Å². The number of carbonyl (C=O) groups excluding carboxylic acids is 1. The monoisotopic (exact) mass is 286 g/mol. The molecule has 1 fully saturated rings. The first-order valence-electron chi connectivity index (χ1n) is 7.23. The summed E-state index contributed by atoms with van der Waals surface area (Å²) in [4.78, 5) is 23.0. The van der Waals surface area contributed by atoms with Gasteiger partial charge in [0.1, 0.15) is 6.04 Å². The van der Waals surface area contributed by atoms with Crippen LogP contribution in [0.3, 0.4) is 0 Å². The molecule has 0 aliphatic carbocycles. The standard InChI is InChI=1S/C14H26N2O4/c1-4-10(2)11(12(17)18)16-13(19)15-9-14(3)5-7-20-8-6-14/h10-11H,4-9H2,1-3H3,(H,17,18)(H2,15,16,19)/t10?,11-/m0/s1. The third-order valence-electron chi connectivity index (χ3n) is 4.14. The van der Waals surface area contributed by atoms with Gasteiger partial charge in [-0.3, -0.25) is 0 Å². The van der Waals surface area contributed by atoms with Gasteiger partial charge in [-0.05, 0) is 24.2 Å². The molecule has 2 amide bonds. The number of aliphatic carboxylic acids is 1. The third-order valence-corrected chi connectivity index (χ3v) is 4.14. The van der Waals surface area contributed by atoms with Gasteiger partial charge < -0.3 is 20.5 Å². The molecule has 1 aliphatic heterocycles. The van der Waals surface area contributed by atoms with Crippen molar-refractivity contribution in [2.75, 3.05) is 19.8 Å². The lowest BCUT2D eigenvalue weighted by Gasteiger charge is -2.33. The largest absolute Gasteiger partial charge is 0.480 e. The van der Waals surface area contributed by atoms with Gasteiger partial charge in [0, 0.05) is 19.8 Å². The molecule has 0 radical (unpaired) electrons. The topological polar surface area (TPSA) is 87.7 Å². The maximum atomic E-state index is 11.8. The van der Waals surface area contributed by atoms with Crippen LogP contribution in [0.1, 0.15) is 40.0 Å². The predicted molar refractivity (Wildman–Crippen MR) is 75.6 cm³/mol. The van der Waals surface area contributed by atoms with E-state index in [1.54, 1.807) is 0 Å². The first kappa shape index (κ1) is 16.8. The molecule has 0 bridgehead atoms. The van der Waals surface area contributed by atoms with Gasteiger partial charge in [-0.25, -0.2) is 9.59 Å². The number of hydrogen-bond acceptors (Lipinski definition) is 3. The molecule has 6 heteroatoms. The van der Waals surface area contributed by atoms with Gasteiger partial charge in [-0.1, -0.05) is 27.2 Å². The Morgan fingerprint density at radius 3 is 2.45 bits per heavy atom. The van der Waals surface area contributed by atoms with E-state index < -0.39 is 18.0 Å². The van der Waals surface area contributed by atoms with Crippen molar-refractivity contribution in [3.63, 3.8) is 0 Å². The zero-order valence-corrected chi connectivity index (χ0v) is 12.6. The summed E-state index contributed by atoms with van der Waals surface area (Å²) >= 11 is 0. The number of carboxylic acid groups (broad SMARTS) is 1. The summed E-state index contributed by atoms with van der Waals surface area (Å²) < 4.78 is 5.31. The number of hydrogen-bond donors (Lipinski definition) is 3. The number of nitrogens with one attached hydrogen (secondary N) is 2. The van der Waals surface area contributed by atoms with Crippen LogP contribution in [-0.2, 0) is 9.53 Å². The lowest BCUT2D eigenvalue weighted by molar-refractivity contribution is -0.140. The Morgan fingerprint density at radius 1 is 1.35 bits per heavy atom. The molecule has 6 nitrogen and oxygen atoms in total. The normalized spacial score (nSPS) is 20.8. The van der Waals surface area contributed by atoms with E-state index >= 15 is 0 Å². The summed E-state index contributed by atoms with van der Waals surface area (Å²) in [6, 6.07) is -1.26. The minimum absolute atomic E-state index is 0.0324. The number of ether oxygens (including phenoxy) is 1. The van der Waals surface area contributed by atoms with Crippen LogP contribution in [-0.4, -0.2) is 42.9 Å². The van der Waals surface area contributed by atoms with Gasteiger partial charge in [-0.2, -0.15) is 0 Å². The van der Waals surface area contributed by atoms with E-state index in [1.165, 1.54) is 0 Å². The number of amides is 2. The maximum Gasteiger partial charge on any atom is 0.326 e. The molecule has 116 valence electrons. The molecule has 0 saturated carbocycles. The summed E-state index contributed by atoms with van der Waals surface area (Å²) in [7, 11) is 0. The van der Waals surface area contributed by atoms with Crippen molar-refractivity contribution in [3.8, 4) is 0 Å². The van der Waals surface area contributed by atoms with Crippen LogP contribution in [0.2, 0.25) is 0 Å². The van der Waals surface area contributed by atoms with Crippen molar-refractivity contribution in [1.82, 2.24) is 10.6 Å². The summed E-state index contributed by atoms with van der Waals surface area (Å²) in [6.07, 6.45) is 2.51. The minimum atomic E-state index is -0.994. The average Bonchev–Trinajstić information content (AvgIpc) is 2.42. The molecule has 3 N–H and O–H groups in total. The lowest BCUT2D eigenvalue weighted by atomic mass is 9.82. The number of urea groups is 1. The molecule has 1 aliphatic rings. The van der Waals surface area contributed by atoms with Crippen LogP contribution in [0.5, 0.6) is 0 Å². The minimum Gasteiger partial charge on any atom is -0.480 e. The van der Waals surface area contributed by atoms with Gasteiger partial charge in [0.05, 0.1) is 0 Å². The zero-order valence-electron chi connectivity index (χ0n) is 12.6. The Bertz CT molecular complexity index is 340. The van der Waals surface area contributed by atoms with Crippen molar-refractivity contribution in [3.05, 3.63) is 0 Å². The molecule has 1 rings (SSSR count). The molecule has 0 aromatic heterocycles. The fourth-order valence-electron chi connectivity index (χ4n) is 2.21. The number of carbonyl (C=O) groups is 2. The zero-order chi connectivity index (χ0) is 15.2. The van der Waals surface area contributed by atoms with Crippen LogP contribution in [0.4, 0.5) is 4.79 Å². The smallest absolute Gasteiger partial charge is 0.326 e. The van der Waals surface area contributed by atoms with Gasteiger partial charge in [0.2, 0.25) is 0 Å². The Kier molecular flexibility index (Phi) is 6.26. The van der Waals surface area contributed by atoms with Gasteiger partial charge in [-0.15, -0.1) is 0 Å². The highest BCUT2D eigenvalue weighted by Crippen LogP contribution is 2.28. The second kappa shape index (κ2) is 7.47. The Hall–Kier alpha value is -1.30. The molecule has 1 unspecified atom stereocenters. The molecule has 1 heterocycles. The van der Waals surface area contributed by atoms with Crippen LogP contribution in [0.25, 0.3) is 0 Å². The molecular weight excluding hydrogens is 260 g/mol. The quantitative estimate of drug-likeness (QED) is 0.692. The molecule has 1 saturated heterocycles. The van der Waals surface area contributed by atoms with Crippen molar-refractivity contribution < 1.29 is 19.4 Å². The van der Waals surface area contributed by atoms with Crippen LogP contribution >= 0.6 is 0 Å². The summed E-state index contributed by atoms with van der Waals surface area (Å²) in [5, 5.41) is 14.5. The van der Waals surface area contributed by atoms with Crippen molar-refractivity contribution in [2.24, 2.45) is 11.3 Å². The predicted octanol–water partition coefficient (Wildman–Crippen LogP) is 1.60. The Balaban J connectivity index is 2.43. The lowest BCUT2D eigenvalue weighted by Crippen LogP contribution is -2.51. The Morgan fingerprint density at radius 2 is 1.95 bits per heavy atom. The SMILES string of the molecule is CCC(C)[C@H](NC(=O)NCC1(C)CCOCC1)C(=O)O.